The van der Waals surface area contributed by atoms with Gasteiger partial charge in [-0.2, -0.15) is 0 Å². The molecule has 5 heteroatoms. The van der Waals surface area contributed by atoms with Crippen molar-refractivity contribution in [3.63, 3.8) is 0 Å². The van der Waals surface area contributed by atoms with Crippen LogP contribution in [-0.2, 0) is 16.1 Å². The van der Waals surface area contributed by atoms with Crippen molar-refractivity contribution in [2.24, 2.45) is 5.92 Å². The number of carbonyl (C=O) groups excluding carboxylic acids is 2. The highest BCUT2D eigenvalue weighted by atomic mass is 16.5. The topological polar surface area (TPSA) is 49.9 Å². The minimum Gasteiger partial charge on any atom is -0.494 e. The van der Waals surface area contributed by atoms with Crippen LogP contribution < -0.4 is 9.64 Å². The lowest BCUT2D eigenvalue weighted by Gasteiger charge is -2.21. The minimum absolute atomic E-state index is 0.00985. The first-order chi connectivity index (χ1) is 12.6. The summed E-state index contributed by atoms with van der Waals surface area (Å²) in [5.41, 5.74) is 1.88. The van der Waals surface area contributed by atoms with E-state index < -0.39 is 0 Å². The van der Waals surface area contributed by atoms with Crippen LogP contribution in [0.4, 0.5) is 5.69 Å². The number of rotatable bonds is 6. The van der Waals surface area contributed by atoms with Crippen molar-refractivity contribution in [3.8, 4) is 5.75 Å². The molecule has 0 aromatic heterocycles. The average Bonchev–Trinajstić information content (AvgIpc) is 3.04. The molecule has 3 rings (SSSR count). The summed E-state index contributed by atoms with van der Waals surface area (Å²) in [7, 11) is 1.79. The molecule has 1 aliphatic rings. The Morgan fingerprint density at radius 1 is 1.15 bits per heavy atom. The summed E-state index contributed by atoms with van der Waals surface area (Å²) >= 11 is 0. The number of carbonyl (C=O) groups is 2. The number of hydrogen-bond donors (Lipinski definition) is 0. The van der Waals surface area contributed by atoms with Crippen LogP contribution in [0.2, 0.25) is 0 Å². The van der Waals surface area contributed by atoms with Gasteiger partial charge in [-0.05, 0) is 36.8 Å². The Labute approximate surface area is 154 Å². The van der Waals surface area contributed by atoms with Crippen molar-refractivity contribution in [1.82, 2.24) is 4.90 Å². The molecule has 0 bridgehead atoms. The molecule has 136 valence electrons. The first kappa shape index (κ1) is 18.0. The van der Waals surface area contributed by atoms with Crippen LogP contribution in [0.25, 0.3) is 0 Å². The van der Waals surface area contributed by atoms with Gasteiger partial charge in [0.25, 0.3) is 0 Å². The minimum atomic E-state index is -0.303. The molecule has 0 unspecified atom stereocenters. The van der Waals surface area contributed by atoms with Crippen molar-refractivity contribution in [1.29, 1.82) is 0 Å². The lowest BCUT2D eigenvalue weighted by Crippen LogP contribution is -2.34. The molecule has 0 saturated carbocycles. The fraction of sp³-hybridized carbons (Fsp3) is 0.333. The van der Waals surface area contributed by atoms with Gasteiger partial charge in [0.1, 0.15) is 5.75 Å². The van der Waals surface area contributed by atoms with Crippen LogP contribution in [0.15, 0.2) is 54.6 Å². The van der Waals surface area contributed by atoms with E-state index in [1.165, 1.54) is 0 Å². The van der Waals surface area contributed by atoms with Gasteiger partial charge in [0.05, 0.1) is 12.5 Å². The zero-order valence-electron chi connectivity index (χ0n) is 15.2. The Morgan fingerprint density at radius 3 is 2.50 bits per heavy atom. The highest BCUT2D eigenvalue weighted by Gasteiger charge is 2.36. The van der Waals surface area contributed by atoms with Crippen LogP contribution in [0.1, 0.15) is 18.9 Å². The Kier molecular flexibility index (Phi) is 5.56. The van der Waals surface area contributed by atoms with Gasteiger partial charge >= 0.3 is 0 Å². The Morgan fingerprint density at radius 2 is 1.85 bits per heavy atom. The van der Waals surface area contributed by atoms with Gasteiger partial charge in [-0.15, -0.1) is 0 Å². The van der Waals surface area contributed by atoms with Gasteiger partial charge in [0, 0.05) is 32.2 Å². The first-order valence-electron chi connectivity index (χ1n) is 8.90. The number of amides is 2. The molecule has 2 aromatic rings. The third-order valence-electron chi connectivity index (χ3n) is 4.57. The molecule has 1 fully saturated rings. The number of ether oxygens (including phenoxy) is 1. The number of hydrogen-bond acceptors (Lipinski definition) is 3. The van der Waals surface area contributed by atoms with E-state index in [0.29, 0.717) is 19.7 Å². The van der Waals surface area contributed by atoms with E-state index in [2.05, 4.69) is 0 Å². The predicted molar refractivity (Wildman–Crippen MR) is 101 cm³/mol. The highest BCUT2D eigenvalue weighted by molar-refractivity contribution is 6.00. The summed E-state index contributed by atoms with van der Waals surface area (Å²) in [6, 6.07) is 17.3. The molecule has 2 amide bonds. The van der Waals surface area contributed by atoms with Crippen LogP contribution in [0, 0.1) is 5.92 Å². The zero-order valence-corrected chi connectivity index (χ0v) is 15.2. The number of benzene rings is 2. The first-order valence-corrected chi connectivity index (χ1v) is 8.90. The summed E-state index contributed by atoms with van der Waals surface area (Å²) < 4.78 is 5.43. The smallest absolute Gasteiger partial charge is 0.228 e. The summed E-state index contributed by atoms with van der Waals surface area (Å²) in [6.45, 7) is 3.50. The SMILES string of the molecule is CCOc1ccc(N2C[C@@H](C(=O)N(C)Cc3ccccc3)CC2=O)cc1. The number of anilines is 1. The molecule has 1 saturated heterocycles. The standard InChI is InChI=1S/C21H24N2O3/c1-3-26-19-11-9-18(10-12-19)23-15-17(13-20(23)24)21(25)22(2)14-16-7-5-4-6-8-16/h4-12,17H,3,13-15H2,1-2H3/t17-/m0/s1. The summed E-state index contributed by atoms with van der Waals surface area (Å²) in [5, 5.41) is 0. The van der Waals surface area contributed by atoms with Crippen molar-refractivity contribution >= 4 is 17.5 Å². The predicted octanol–water partition coefficient (Wildman–Crippen LogP) is 3.10. The van der Waals surface area contributed by atoms with Crippen molar-refractivity contribution < 1.29 is 14.3 Å². The Bertz CT molecular complexity index is 759. The van der Waals surface area contributed by atoms with Crippen molar-refractivity contribution in [3.05, 3.63) is 60.2 Å². The molecule has 5 nitrogen and oxygen atoms in total. The third-order valence-corrected chi connectivity index (χ3v) is 4.57. The fourth-order valence-electron chi connectivity index (χ4n) is 3.26. The number of nitrogens with zero attached hydrogens (tertiary/aromatic N) is 2. The van der Waals surface area contributed by atoms with E-state index in [-0.39, 0.29) is 24.2 Å². The Balaban J connectivity index is 1.64. The van der Waals surface area contributed by atoms with Gasteiger partial charge in [-0.3, -0.25) is 9.59 Å². The molecule has 1 heterocycles. The van der Waals surface area contributed by atoms with Crippen LogP contribution in [-0.4, -0.2) is 36.9 Å². The average molecular weight is 352 g/mol. The van der Waals surface area contributed by atoms with Crippen LogP contribution >= 0.6 is 0 Å². The van der Waals surface area contributed by atoms with Gasteiger partial charge in [0.2, 0.25) is 11.8 Å². The van der Waals surface area contributed by atoms with Crippen LogP contribution in [0.3, 0.4) is 0 Å². The van der Waals surface area contributed by atoms with Gasteiger partial charge in [-0.1, -0.05) is 30.3 Å². The normalized spacial score (nSPS) is 16.6. The van der Waals surface area contributed by atoms with E-state index in [1.54, 1.807) is 16.8 Å². The van der Waals surface area contributed by atoms with E-state index in [4.69, 9.17) is 4.74 Å². The molecule has 0 spiro atoms. The van der Waals surface area contributed by atoms with E-state index in [9.17, 15) is 9.59 Å². The monoisotopic (exact) mass is 352 g/mol. The maximum absolute atomic E-state index is 12.7. The molecule has 0 aliphatic carbocycles. The summed E-state index contributed by atoms with van der Waals surface area (Å²) in [6.07, 6.45) is 0.255. The maximum atomic E-state index is 12.7. The molecular formula is C21H24N2O3. The molecule has 0 radical (unpaired) electrons. The summed E-state index contributed by atoms with van der Waals surface area (Å²) in [5.74, 6) is 0.470. The lowest BCUT2D eigenvalue weighted by molar-refractivity contribution is -0.135. The van der Waals surface area contributed by atoms with E-state index >= 15 is 0 Å². The Hall–Kier alpha value is -2.82. The lowest BCUT2D eigenvalue weighted by atomic mass is 10.1. The van der Waals surface area contributed by atoms with Gasteiger partial charge < -0.3 is 14.5 Å². The van der Waals surface area contributed by atoms with Gasteiger partial charge in [-0.25, -0.2) is 0 Å². The fourth-order valence-corrected chi connectivity index (χ4v) is 3.26. The molecule has 0 N–H and O–H groups in total. The highest BCUT2D eigenvalue weighted by Crippen LogP contribution is 2.28. The third kappa shape index (κ3) is 4.04. The molecular weight excluding hydrogens is 328 g/mol. The molecule has 2 aromatic carbocycles. The van der Waals surface area contributed by atoms with E-state index in [1.807, 2.05) is 61.5 Å². The molecule has 26 heavy (non-hydrogen) atoms. The molecule has 1 atom stereocenters. The van der Waals surface area contributed by atoms with Gasteiger partial charge in [0.15, 0.2) is 0 Å². The van der Waals surface area contributed by atoms with E-state index in [0.717, 1.165) is 17.0 Å². The van der Waals surface area contributed by atoms with Crippen LogP contribution in [0.5, 0.6) is 5.75 Å². The second-order valence-electron chi connectivity index (χ2n) is 6.51. The maximum Gasteiger partial charge on any atom is 0.228 e. The molecule has 1 aliphatic heterocycles. The quantitative estimate of drug-likeness (QED) is 0.803. The second kappa shape index (κ2) is 8.04. The second-order valence-corrected chi connectivity index (χ2v) is 6.51. The van der Waals surface area contributed by atoms with Crippen molar-refractivity contribution in [2.45, 2.75) is 19.9 Å². The summed E-state index contributed by atoms with van der Waals surface area (Å²) in [4.78, 5) is 28.5. The zero-order chi connectivity index (χ0) is 18.5. The van der Waals surface area contributed by atoms with Crippen molar-refractivity contribution in [2.75, 3.05) is 25.1 Å². The largest absolute Gasteiger partial charge is 0.494 e.